The monoisotopic (exact) mass is 345 g/mol. The van der Waals surface area contributed by atoms with Crippen LogP contribution in [0.1, 0.15) is 43.5 Å². The van der Waals surface area contributed by atoms with Crippen molar-refractivity contribution in [2.75, 3.05) is 19.7 Å². The molecule has 5 heteroatoms. The predicted molar refractivity (Wildman–Crippen MR) is 81.4 cm³/mol. The normalized spacial score (nSPS) is 18.2. The van der Waals surface area contributed by atoms with Crippen LogP contribution in [0.4, 0.5) is 0 Å². The molecule has 0 aromatic carbocycles. The molecule has 1 fully saturated rings. The van der Waals surface area contributed by atoms with Crippen molar-refractivity contribution in [1.29, 1.82) is 0 Å². The Morgan fingerprint density at radius 3 is 2.79 bits per heavy atom. The van der Waals surface area contributed by atoms with Gasteiger partial charge in [-0.05, 0) is 60.2 Å². The number of esters is 1. The summed E-state index contributed by atoms with van der Waals surface area (Å²) in [6, 6.07) is 2.22. The third-order valence-corrected chi connectivity index (χ3v) is 5.42. The average molecular weight is 346 g/mol. The first kappa shape index (κ1) is 15.0. The molecule has 106 valence electrons. The zero-order valence-electron chi connectivity index (χ0n) is 11.2. The summed E-state index contributed by atoms with van der Waals surface area (Å²) < 4.78 is 6.23. The van der Waals surface area contributed by atoms with Crippen molar-refractivity contribution in [3.63, 3.8) is 0 Å². The first-order valence-corrected chi connectivity index (χ1v) is 8.52. The number of hydrogen-bond donors (Lipinski definition) is 0. The van der Waals surface area contributed by atoms with Gasteiger partial charge >= 0.3 is 5.97 Å². The molecule has 0 bridgehead atoms. The van der Waals surface area contributed by atoms with Crippen LogP contribution in [0.25, 0.3) is 0 Å². The van der Waals surface area contributed by atoms with Crippen LogP contribution in [0.2, 0.25) is 0 Å². The molecule has 1 saturated heterocycles. The van der Waals surface area contributed by atoms with Crippen LogP contribution in [0, 0.1) is 0 Å². The van der Waals surface area contributed by atoms with Gasteiger partial charge in [-0.2, -0.15) is 0 Å². The van der Waals surface area contributed by atoms with Crippen molar-refractivity contribution in [1.82, 2.24) is 4.90 Å². The van der Waals surface area contributed by atoms with E-state index in [2.05, 4.69) is 32.3 Å². The molecule has 2 heterocycles. The second-order valence-corrected chi connectivity index (χ2v) is 6.56. The van der Waals surface area contributed by atoms with Gasteiger partial charge in [-0.1, -0.05) is 6.42 Å². The molecule has 0 aliphatic carbocycles. The van der Waals surface area contributed by atoms with E-state index >= 15 is 0 Å². The minimum atomic E-state index is -0.0987. The quantitative estimate of drug-likeness (QED) is 0.755. The van der Waals surface area contributed by atoms with Crippen LogP contribution in [0.5, 0.6) is 0 Å². The van der Waals surface area contributed by atoms with E-state index in [1.54, 1.807) is 11.3 Å². The van der Waals surface area contributed by atoms with Crippen molar-refractivity contribution in [3.8, 4) is 0 Å². The van der Waals surface area contributed by atoms with Gasteiger partial charge in [0.05, 0.1) is 19.1 Å². The van der Waals surface area contributed by atoms with E-state index in [4.69, 9.17) is 4.74 Å². The third kappa shape index (κ3) is 4.04. The summed E-state index contributed by atoms with van der Waals surface area (Å²) in [7, 11) is 0. The van der Waals surface area contributed by atoms with Crippen molar-refractivity contribution in [2.45, 2.75) is 38.6 Å². The molecule has 1 unspecified atom stereocenters. The van der Waals surface area contributed by atoms with Gasteiger partial charge in [0, 0.05) is 9.35 Å². The summed E-state index contributed by atoms with van der Waals surface area (Å²) >= 11 is 5.31. The van der Waals surface area contributed by atoms with Crippen molar-refractivity contribution >= 4 is 33.2 Å². The molecule has 1 aliphatic rings. The minimum Gasteiger partial charge on any atom is -0.466 e. The van der Waals surface area contributed by atoms with E-state index in [0.717, 1.165) is 17.6 Å². The van der Waals surface area contributed by atoms with Gasteiger partial charge < -0.3 is 4.74 Å². The Hall–Kier alpha value is -0.390. The summed E-state index contributed by atoms with van der Waals surface area (Å²) in [5, 5.41) is 2.07. The molecule has 0 amide bonds. The Morgan fingerprint density at radius 2 is 2.21 bits per heavy atom. The van der Waals surface area contributed by atoms with Crippen molar-refractivity contribution in [3.05, 3.63) is 20.8 Å². The smallest absolute Gasteiger partial charge is 0.307 e. The maximum absolute atomic E-state index is 11.8. The Kier molecular flexibility index (Phi) is 5.85. The van der Waals surface area contributed by atoms with Gasteiger partial charge in [-0.25, -0.2) is 0 Å². The molecule has 0 radical (unpaired) electrons. The SMILES string of the molecule is CCOC(=O)CC(c1sccc1Br)N1CCCCC1. The molecule has 2 rings (SSSR count). The Bertz CT molecular complexity index is 415. The third-order valence-electron chi connectivity index (χ3n) is 3.44. The standard InChI is InChI=1S/C14H20BrNO2S/c1-2-18-13(17)10-12(14-11(15)6-9-19-14)16-7-4-3-5-8-16/h6,9,12H,2-5,7-8,10H2,1H3. The lowest BCUT2D eigenvalue weighted by molar-refractivity contribution is -0.144. The number of hydrogen-bond acceptors (Lipinski definition) is 4. The number of likely N-dealkylation sites (tertiary alicyclic amines) is 1. The number of carbonyl (C=O) groups excluding carboxylic acids is 1. The molecule has 0 N–H and O–H groups in total. The molecular formula is C14H20BrNO2S. The second kappa shape index (κ2) is 7.41. The topological polar surface area (TPSA) is 29.5 Å². The molecule has 0 spiro atoms. The van der Waals surface area contributed by atoms with Crippen molar-refractivity contribution < 1.29 is 9.53 Å². The number of thiophene rings is 1. The first-order chi connectivity index (χ1) is 9.22. The first-order valence-electron chi connectivity index (χ1n) is 6.85. The average Bonchev–Trinajstić information content (AvgIpc) is 2.83. The maximum Gasteiger partial charge on any atom is 0.307 e. The number of nitrogens with zero attached hydrogens (tertiary/aromatic N) is 1. The second-order valence-electron chi connectivity index (χ2n) is 4.75. The van der Waals surface area contributed by atoms with E-state index in [9.17, 15) is 4.79 Å². The van der Waals surface area contributed by atoms with Crippen LogP contribution in [0.15, 0.2) is 15.9 Å². The minimum absolute atomic E-state index is 0.0987. The lowest BCUT2D eigenvalue weighted by Gasteiger charge is -2.33. The molecule has 1 aromatic rings. The summed E-state index contributed by atoms with van der Waals surface area (Å²) in [6.07, 6.45) is 4.20. The molecule has 1 aliphatic heterocycles. The highest BCUT2D eigenvalue weighted by Gasteiger charge is 2.27. The molecule has 19 heavy (non-hydrogen) atoms. The van der Waals surface area contributed by atoms with Crippen LogP contribution in [-0.2, 0) is 9.53 Å². The van der Waals surface area contributed by atoms with Crippen molar-refractivity contribution in [2.24, 2.45) is 0 Å². The fraction of sp³-hybridized carbons (Fsp3) is 0.643. The highest BCUT2D eigenvalue weighted by molar-refractivity contribution is 9.10. The summed E-state index contributed by atoms with van der Waals surface area (Å²) in [4.78, 5) is 15.5. The number of ether oxygens (including phenoxy) is 1. The van der Waals surface area contributed by atoms with E-state index in [1.807, 2.05) is 6.92 Å². The van der Waals surface area contributed by atoms with E-state index in [-0.39, 0.29) is 12.0 Å². The van der Waals surface area contributed by atoms with Gasteiger partial charge in [0.1, 0.15) is 0 Å². The lowest BCUT2D eigenvalue weighted by atomic mass is 10.0. The van der Waals surface area contributed by atoms with Gasteiger partial charge in [-0.15, -0.1) is 11.3 Å². The van der Waals surface area contributed by atoms with Gasteiger partial charge in [-0.3, -0.25) is 9.69 Å². The molecular weight excluding hydrogens is 326 g/mol. The van der Waals surface area contributed by atoms with Gasteiger partial charge in [0.2, 0.25) is 0 Å². The molecule has 1 atom stereocenters. The number of carbonyl (C=O) groups is 1. The fourth-order valence-corrected chi connectivity index (χ4v) is 4.31. The number of halogens is 1. The largest absolute Gasteiger partial charge is 0.466 e. The maximum atomic E-state index is 11.8. The van der Waals surface area contributed by atoms with Crippen LogP contribution < -0.4 is 0 Å². The lowest BCUT2D eigenvalue weighted by Crippen LogP contribution is -2.35. The van der Waals surface area contributed by atoms with Crippen LogP contribution in [-0.4, -0.2) is 30.6 Å². The highest BCUT2D eigenvalue weighted by Crippen LogP contribution is 2.36. The fourth-order valence-electron chi connectivity index (χ4n) is 2.54. The predicted octanol–water partition coefficient (Wildman–Crippen LogP) is 3.99. The number of piperidine rings is 1. The zero-order valence-corrected chi connectivity index (χ0v) is 13.6. The Balaban J connectivity index is 2.12. The highest BCUT2D eigenvalue weighted by atomic mass is 79.9. The Morgan fingerprint density at radius 1 is 1.47 bits per heavy atom. The molecule has 0 saturated carbocycles. The molecule has 3 nitrogen and oxygen atoms in total. The van der Waals surface area contributed by atoms with Gasteiger partial charge in [0.25, 0.3) is 0 Å². The summed E-state index contributed by atoms with van der Waals surface area (Å²) in [5.74, 6) is -0.0987. The van der Waals surface area contributed by atoms with E-state index in [0.29, 0.717) is 13.0 Å². The number of rotatable bonds is 5. The summed E-state index contributed by atoms with van der Waals surface area (Å²) in [6.45, 7) is 4.47. The summed E-state index contributed by atoms with van der Waals surface area (Å²) in [5.41, 5.74) is 0. The van der Waals surface area contributed by atoms with E-state index < -0.39 is 0 Å². The molecule has 1 aromatic heterocycles. The Labute approximate surface area is 127 Å². The van der Waals surface area contributed by atoms with Crippen LogP contribution >= 0.6 is 27.3 Å². The van der Waals surface area contributed by atoms with Gasteiger partial charge in [0.15, 0.2) is 0 Å². The zero-order chi connectivity index (χ0) is 13.7. The van der Waals surface area contributed by atoms with Crippen LogP contribution in [0.3, 0.4) is 0 Å². The van der Waals surface area contributed by atoms with E-state index in [1.165, 1.54) is 24.1 Å².